The highest BCUT2D eigenvalue weighted by Crippen LogP contribution is 1.99. The molecule has 1 aliphatic rings. The summed E-state index contributed by atoms with van der Waals surface area (Å²) in [5, 5.41) is 8.34. The van der Waals surface area contributed by atoms with Gasteiger partial charge in [0, 0.05) is 0 Å². The third kappa shape index (κ3) is 0.381. The van der Waals surface area contributed by atoms with Crippen LogP contribution in [0.3, 0.4) is 0 Å². The maximum Gasteiger partial charge on any atom is 0.316 e. The van der Waals surface area contributed by atoms with E-state index in [9.17, 15) is 0 Å². The van der Waals surface area contributed by atoms with Gasteiger partial charge >= 0.3 is 5.95 Å². The van der Waals surface area contributed by atoms with Gasteiger partial charge in [0.2, 0.25) is 6.75 Å². The molecule has 0 atom stereocenters. The first-order valence-electron chi connectivity index (χ1n) is 2.36. The fourth-order valence-corrected chi connectivity index (χ4v) is 0.165. The number of rotatable bonds is 0. The zero-order chi connectivity index (χ0) is 6.20. The van der Waals surface area contributed by atoms with E-state index in [0.717, 1.165) is 6.26 Å². The number of aliphatic hydroxyl groups is 1. The number of ether oxygens (including phenoxy) is 2. The van der Waals surface area contributed by atoms with Crippen LogP contribution in [0.15, 0.2) is 12.2 Å². The van der Waals surface area contributed by atoms with Crippen LogP contribution in [0.4, 0.5) is 0 Å². The maximum absolute atomic E-state index is 8.34. The van der Waals surface area contributed by atoms with Crippen molar-refractivity contribution in [1.29, 1.82) is 0 Å². The second-order valence-corrected chi connectivity index (χ2v) is 0.759. The van der Waals surface area contributed by atoms with Crippen molar-refractivity contribution < 1.29 is 17.3 Å². The van der Waals surface area contributed by atoms with Gasteiger partial charge in [-0.3, -0.25) is 0 Å². The Kier molecular flexibility index (Phi) is 0.312. The normalized spacial score (nSPS) is 31.7. The van der Waals surface area contributed by atoms with Gasteiger partial charge in [-0.15, -0.1) is 0 Å². The van der Waals surface area contributed by atoms with Gasteiger partial charge in [-0.1, -0.05) is 0 Å². The maximum atomic E-state index is 8.34. The molecule has 0 saturated carbocycles. The molecule has 1 N–H and O–H groups in total. The summed E-state index contributed by atoms with van der Waals surface area (Å²) < 4.78 is 21.5. The van der Waals surface area contributed by atoms with Gasteiger partial charge in [-0.25, -0.2) is 0 Å². The SMILES string of the molecule is [2H]C1([2H])OC=C(O)O1. The molecule has 0 spiro atoms. The van der Waals surface area contributed by atoms with E-state index in [1.54, 1.807) is 0 Å². The molecule has 3 heteroatoms. The van der Waals surface area contributed by atoms with Crippen molar-refractivity contribution in [3.63, 3.8) is 0 Å². The molecule has 6 heavy (non-hydrogen) atoms. The van der Waals surface area contributed by atoms with Crippen LogP contribution in [0.5, 0.6) is 0 Å². The molecule has 0 saturated heterocycles. The number of hydrogen-bond donors (Lipinski definition) is 1. The van der Waals surface area contributed by atoms with Crippen LogP contribution >= 0.6 is 0 Å². The fraction of sp³-hybridized carbons (Fsp3) is 0.333. The Balaban J connectivity index is 2.55. The second-order valence-electron chi connectivity index (χ2n) is 0.759. The van der Waals surface area contributed by atoms with E-state index in [1.165, 1.54) is 0 Å². The number of hydrogen-bond acceptors (Lipinski definition) is 3. The predicted molar refractivity (Wildman–Crippen MR) is 17.7 cm³/mol. The average Bonchev–Trinajstić information content (AvgIpc) is 1.82. The molecule has 0 bridgehead atoms. The van der Waals surface area contributed by atoms with Crippen LogP contribution < -0.4 is 0 Å². The van der Waals surface area contributed by atoms with Gasteiger partial charge in [0.25, 0.3) is 0 Å². The zero-order valence-corrected chi connectivity index (χ0v) is 2.84. The van der Waals surface area contributed by atoms with E-state index in [1.807, 2.05) is 0 Å². The summed E-state index contributed by atoms with van der Waals surface area (Å²) in [7, 11) is 0. The summed E-state index contributed by atoms with van der Waals surface area (Å²) in [6.07, 6.45) is 0.806. The lowest BCUT2D eigenvalue weighted by molar-refractivity contribution is 0.0377. The van der Waals surface area contributed by atoms with Crippen LogP contribution in [0.25, 0.3) is 0 Å². The van der Waals surface area contributed by atoms with Gasteiger partial charge in [-0.05, 0) is 0 Å². The molecule has 0 fully saturated rings. The molecule has 0 unspecified atom stereocenters. The number of aliphatic hydroxyl groups excluding tert-OH is 1. The van der Waals surface area contributed by atoms with E-state index in [2.05, 4.69) is 9.47 Å². The lowest BCUT2D eigenvalue weighted by Gasteiger charge is -1.85. The topological polar surface area (TPSA) is 38.7 Å². The van der Waals surface area contributed by atoms with Crippen molar-refractivity contribution >= 4 is 0 Å². The first-order valence-corrected chi connectivity index (χ1v) is 1.36. The van der Waals surface area contributed by atoms with Crippen LogP contribution in [-0.2, 0) is 9.47 Å². The zero-order valence-electron chi connectivity index (χ0n) is 4.84. The van der Waals surface area contributed by atoms with E-state index in [4.69, 9.17) is 7.85 Å². The van der Waals surface area contributed by atoms with Crippen molar-refractivity contribution in [2.75, 3.05) is 6.75 Å². The lowest BCUT2D eigenvalue weighted by Crippen LogP contribution is -1.81. The van der Waals surface area contributed by atoms with E-state index < -0.39 is 12.7 Å². The Labute approximate surface area is 37.6 Å². The predicted octanol–water partition coefficient (Wildman–Crippen LogP) is 0.348. The summed E-state index contributed by atoms with van der Waals surface area (Å²) >= 11 is 0. The quantitative estimate of drug-likeness (QED) is 0.466. The van der Waals surface area contributed by atoms with E-state index in [0.29, 0.717) is 0 Å². The third-order valence-electron chi connectivity index (χ3n) is 0.354. The smallest absolute Gasteiger partial charge is 0.316 e. The average molecular weight is 90.1 g/mol. The van der Waals surface area contributed by atoms with Gasteiger partial charge < -0.3 is 14.6 Å². The molecule has 3 nitrogen and oxygen atoms in total. The molecule has 1 heterocycles. The molecule has 34 valence electrons. The van der Waals surface area contributed by atoms with E-state index >= 15 is 0 Å². The Morgan fingerprint density at radius 3 is 3.17 bits per heavy atom. The van der Waals surface area contributed by atoms with Gasteiger partial charge in [0.1, 0.15) is 2.74 Å². The van der Waals surface area contributed by atoms with E-state index in [-0.39, 0.29) is 0 Å². The lowest BCUT2D eigenvalue weighted by atomic mass is 11.0. The molecule has 0 aliphatic carbocycles. The summed E-state index contributed by atoms with van der Waals surface area (Å²) in [5.41, 5.74) is 0. The van der Waals surface area contributed by atoms with Crippen molar-refractivity contribution in [3.8, 4) is 0 Å². The van der Waals surface area contributed by atoms with Crippen molar-refractivity contribution in [1.82, 2.24) is 0 Å². The van der Waals surface area contributed by atoms with Crippen LogP contribution in [-0.4, -0.2) is 11.9 Å². The summed E-state index contributed by atoms with van der Waals surface area (Å²) in [5.74, 6) is -0.532. The van der Waals surface area contributed by atoms with Gasteiger partial charge in [0.05, 0.1) is 0 Å². The molecule has 0 radical (unpaired) electrons. The second kappa shape index (κ2) is 1.08. The summed E-state index contributed by atoms with van der Waals surface area (Å²) in [6.45, 7) is -2.18. The van der Waals surface area contributed by atoms with Crippen molar-refractivity contribution in [3.05, 3.63) is 12.2 Å². The highest BCUT2D eigenvalue weighted by atomic mass is 16.7. The molecular weight excluding hydrogens is 84.0 g/mol. The molecular formula is C3H4O3. The summed E-state index contributed by atoms with van der Waals surface area (Å²) in [6, 6.07) is 0. The Morgan fingerprint density at radius 1 is 2.17 bits per heavy atom. The van der Waals surface area contributed by atoms with Crippen molar-refractivity contribution in [2.45, 2.75) is 0 Å². The molecule has 0 aromatic rings. The Bertz CT molecular complexity index is 130. The highest BCUT2D eigenvalue weighted by molar-refractivity contribution is 4.74. The Hall–Kier alpha value is -0.860. The standard InChI is InChI=1S/C3H4O3/c4-3-1-5-2-6-3/h1,4H,2H2/i2D2. The van der Waals surface area contributed by atoms with Crippen LogP contribution in [0, 0.1) is 0 Å². The minimum Gasteiger partial charge on any atom is -0.479 e. The van der Waals surface area contributed by atoms with Gasteiger partial charge in [0.15, 0.2) is 6.26 Å². The molecule has 0 aromatic heterocycles. The first kappa shape index (κ1) is 1.73. The third-order valence-corrected chi connectivity index (χ3v) is 0.354. The van der Waals surface area contributed by atoms with Crippen LogP contribution in [0.1, 0.15) is 2.74 Å². The van der Waals surface area contributed by atoms with Crippen LogP contribution in [0.2, 0.25) is 0 Å². The summed E-state index contributed by atoms with van der Waals surface area (Å²) in [4.78, 5) is 0. The molecule has 1 aliphatic heterocycles. The van der Waals surface area contributed by atoms with Crippen molar-refractivity contribution in [2.24, 2.45) is 0 Å². The minimum absolute atomic E-state index is 0.532. The largest absolute Gasteiger partial charge is 0.479 e. The first-order chi connectivity index (χ1) is 3.60. The minimum atomic E-state index is -2.18. The highest BCUT2D eigenvalue weighted by Gasteiger charge is 1.98. The monoisotopic (exact) mass is 90.0 g/mol. The molecule has 0 amide bonds. The molecule has 1 rings (SSSR count). The molecule has 0 aromatic carbocycles. The Morgan fingerprint density at radius 2 is 3.00 bits per heavy atom. The van der Waals surface area contributed by atoms with Gasteiger partial charge in [-0.2, -0.15) is 0 Å². The fourth-order valence-electron chi connectivity index (χ4n) is 0.165.